The second kappa shape index (κ2) is 10.4. The van der Waals surface area contributed by atoms with Gasteiger partial charge in [-0.3, -0.25) is 4.57 Å². The van der Waals surface area contributed by atoms with Gasteiger partial charge in [-0.2, -0.15) is 9.97 Å². The maximum atomic E-state index is 7.43. The zero-order chi connectivity index (χ0) is 25.2. The van der Waals surface area contributed by atoms with Gasteiger partial charge in [-0.1, -0.05) is 19.1 Å². The summed E-state index contributed by atoms with van der Waals surface area (Å²) in [6.07, 6.45) is 8.57. The van der Waals surface area contributed by atoms with Crippen LogP contribution in [0.5, 0.6) is 0 Å². The van der Waals surface area contributed by atoms with Crippen LogP contribution in [0.25, 0.3) is 21.8 Å². The maximum absolute atomic E-state index is 7.43. The summed E-state index contributed by atoms with van der Waals surface area (Å²) in [5.41, 5.74) is 3.04. The van der Waals surface area contributed by atoms with Crippen LogP contribution in [-0.4, -0.2) is 69.9 Å². The molecule has 0 amide bonds. The van der Waals surface area contributed by atoms with Crippen LogP contribution in [0, 0.1) is 6.57 Å². The molecule has 0 radical (unpaired) electrons. The lowest BCUT2D eigenvalue weighted by Gasteiger charge is -2.32. The molecule has 1 aromatic carbocycles. The third kappa shape index (κ3) is 4.72. The Bertz CT molecular complexity index is 1330. The van der Waals surface area contributed by atoms with Crippen LogP contribution in [-0.2, 0) is 4.74 Å². The molecule has 0 aliphatic carbocycles. The number of likely N-dealkylation sites (tertiary alicyclic amines) is 1. The Morgan fingerprint density at radius 3 is 2.81 bits per heavy atom. The highest BCUT2D eigenvalue weighted by molar-refractivity contribution is 5.87. The molecule has 3 aromatic rings. The second-order valence-electron chi connectivity index (χ2n) is 9.94. The number of nitrogens with zero attached hydrogens (tertiary/aromatic N) is 7. The number of anilines is 3. The molecule has 2 aromatic heterocycles. The number of benzene rings is 1. The first kappa shape index (κ1) is 23.7. The molecule has 0 saturated carbocycles. The molecule has 2 N–H and O–H groups in total. The van der Waals surface area contributed by atoms with Crippen LogP contribution in [0.3, 0.4) is 0 Å². The molecule has 10 nitrogen and oxygen atoms in total. The van der Waals surface area contributed by atoms with Crippen LogP contribution in [0.2, 0.25) is 0 Å². The third-order valence-corrected chi connectivity index (χ3v) is 7.49. The highest BCUT2D eigenvalue weighted by Crippen LogP contribution is 2.42. The van der Waals surface area contributed by atoms with Gasteiger partial charge in [0.05, 0.1) is 17.6 Å². The van der Waals surface area contributed by atoms with Crippen molar-refractivity contribution in [2.45, 2.75) is 44.6 Å². The van der Waals surface area contributed by atoms with E-state index in [1.807, 2.05) is 16.7 Å². The van der Waals surface area contributed by atoms with Gasteiger partial charge in [0.1, 0.15) is 17.8 Å². The fraction of sp³-hybridized carbons (Fsp3) is 0.481. The number of hydrogen-bond donors (Lipinski definition) is 2. The monoisotopic (exact) mass is 499 g/mol. The maximum Gasteiger partial charge on any atom is 0.239 e. The molecule has 192 valence electrons. The second-order valence-corrected chi connectivity index (χ2v) is 9.94. The third-order valence-electron chi connectivity index (χ3n) is 7.49. The van der Waals surface area contributed by atoms with Gasteiger partial charge < -0.3 is 25.2 Å². The summed E-state index contributed by atoms with van der Waals surface area (Å²) >= 11 is 0. The molecule has 0 bridgehead atoms. The van der Waals surface area contributed by atoms with Gasteiger partial charge in [0.2, 0.25) is 5.95 Å². The number of ether oxygens (including phenoxy) is 1. The van der Waals surface area contributed by atoms with Gasteiger partial charge >= 0.3 is 0 Å². The van der Waals surface area contributed by atoms with Crippen molar-refractivity contribution in [3.05, 3.63) is 48.3 Å². The average molecular weight is 500 g/mol. The van der Waals surface area contributed by atoms with Crippen molar-refractivity contribution >= 4 is 34.0 Å². The summed E-state index contributed by atoms with van der Waals surface area (Å²) in [4.78, 5) is 22.8. The van der Waals surface area contributed by atoms with Crippen LogP contribution in [0.1, 0.15) is 38.5 Å². The Morgan fingerprint density at radius 2 is 2.00 bits per heavy atom. The molecular weight excluding hydrogens is 466 g/mol. The van der Waals surface area contributed by atoms with Gasteiger partial charge in [-0.25, -0.2) is 9.83 Å². The fourth-order valence-electron chi connectivity index (χ4n) is 5.55. The van der Waals surface area contributed by atoms with Crippen molar-refractivity contribution in [2.75, 3.05) is 54.9 Å². The average Bonchev–Trinajstić information content (AvgIpc) is 3.52. The summed E-state index contributed by atoms with van der Waals surface area (Å²) in [6.45, 7) is 17.5. The smallest absolute Gasteiger partial charge is 0.239 e. The molecule has 3 aliphatic rings. The number of fused-ring (bicyclic) bond motifs is 2. The first-order valence-electron chi connectivity index (χ1n) is 13.3. The zero-order valence-electron chi connectivity index (χ0n) is 21.1. The largest absolute Gasteiger partial charge is 0.381 e. The fourth-order valence-corrected chi connectivity index (χ4v) is 5.55. The van der Waals surface area contributed by atoms with Crippen LogP contribution in [0.4, 0.5) is 23.0 Å². The molecule has 0 unspecified atom stereocenters. The van der Waals surface area contributed by atoms with Crippen molar-refractivity contribution in [1.29, 1.82) is 0 Å². The summed E-state index contributed by atoms with van der Waals surface area (Å²) in [5.74, 6) is 2.92. The van der Waals surface area contributed by atoms with E-state index >= 15 is 0 Å². The lowest BCUT2D eigenvalue weighted by atomic mass is 10.1. The van der Waals surface area contributed by atoms with E-state index in [9.17, 15) is 0 Å². The van der Waals surface area contributed by atoms with Gasteiger partial charge in [-0.15, -0.1) is 0 Å². The molecule has 37 heavy (non-hydrogen) atoms. The lowest BCUT2D eigenvalue weighted by molar-refractivity contribution is 0.0859. The molecule has 5 heterocycles. The predicted octanol–water partition coefficient (Wildman–Crippen LogP) is 4.54. The highest BCUT2D eigenvalue weighted by atomic mass is 16.5. The number of imidazole rings is 1. The van der Waals surface area contributed by atoms with Gasteiger partial charge in [0.25, 0.3) is 0 Å². The molecule has 0 spiro atoms. The minimum Gasteiger partial charge on any atom is -0.381 e. The molecule has 2 saturated heterocycles. The summed E-state index contributed by atoms with van der Waals surface area (Å²) in [5, 5.41) is 7.05. The van der Waals surface area contributed by atoms with E-state index in [1.54, 1.807) is 12.4 Å². The Morgan fingerprint density at radius 1 is 1.16 bits per heavy atom. The highest BCUT2D eigenvalue weighted by Gasteiger charge is 2.34. The molecule has 2 fully saturated rings. The van der Waals surface area contributed by atoms with Crippen molar-refractivity contribution in [3.63, 3.8) is 0 Å². The van der Waals surface area contributed by atoms with Crippen molar-refractivity contribution in [3.8, 4) is 5.95 Å². The lowest BCUT2D eigenvalue weighted by Crippen LogP contribution is -2.38. The van der Waals surface area contributed by atoms with Gasteiger partial charge in [-0.05, 0) is 63.9 Å². The number of piperidine rings is 1. The molecule has 3 aliphatic heterocycles. The standard InChI is InChI=1S/C27H33N9O/c1-19-31-24-25(29-11-6-14-34-12-4-3-5-13-34)32-27(33-26(24)36(19)21-9-15-37-16-10-21)35-18-30-22-8-7-20(28-2)17-23(22)35/h7-8,17-18,21,31H,1,3-6,9-16H2,(H,29,32,33). The quantitative estimate of drug-likeness (QED) is 0.362. The summed E-state index contributed by atoms with van der Waals surface area (Å²) < 4.78 is 7.48. The number of nitrogens with one attached hydrogen (secondary N) is 2. The summed E-state index contributed by atoms with van der Waals surface area (Å²) in [7, 11) is 0. The number of hydrogen-bond acceptors (Lipinski definition) is 8. The molecular formula is C27H33N9O. The van der Waals surface area contributed by atoms with Gasteiger partial charge in [0.15, 0.2) is 17.3 Å². The van der Waals surface area contributed by atoms with Crippen molar-refractivity contribution in [1.82, 2.24) is 24.4 Å². The van der Waals surface area contributed by atoms with Crippen LogP contribution >= 0.6 is 0 Å². The normalized spacial score (nSPS) is 18.6. The van der Waals surface area contributed by atoms with Crippen molar-refractivity contribution in [2.24, 2.45) is 0 Å². The van der Waals surface area contributed by atoms with E-state index in [0.29, 0.717) is 11.6 Å². The Hall–Kier alpha value is -3.68. The van der Waals surface area contributed by atoms with E-state index in [1.165, 1.54) is 32.4 Å². The Labute approximate surface area is 217 Å². The van der Waals surface area contributed by atoms with E-state index in [-0.39, 0.29) is 6.04 Å². The summed E-state index contributed by atoms with van der Waals surface area (Å²) in [6, 6.07) is 5.75. The minimum atomic E-state index is 0.262. The Balaban J connectivity index is 1.34. The Kier molecular flexibility index (Phi) is 6.64. The number of rotatable bonds is 7. The molecule has 0 atom stereocenters. The SMILES string of the molecule is [C-]#[N+]c1ccc2ncn(-c3nc(NCCCN4CCCCC4)c4c(n3)N(C3CCOCC3)C(=C)N4)c2c1. The first-order chi connectivity index (χ1) is 18.2. The predicted molar refractivity (Wildman–Crippen MR) is 145 cm³/mol. The molecule has 6 rings (SSSR count). The van der Waals surface area contributed by atoms with Gasteiger partial charge in [0, 0.05) is 25.8 Å². The molecule has 10 heteroatoms. The first-order valence-corrected chi connectivity index (χ1v) is 13.3. The zero-order valence-corrected chi connectivity index (χ0v) is 21.1. The van der Waals surface area contributed by atoms with E-state index in [2.05, 4.69) is 36.8 Å². The minimum absolute atomic E-state index is 0.262. The van der Waals surface area contributed by atoms with Crippen molar-refractivity contribution < 1.29 is 4.74 Å². The van der Waals surface area contributed by atoms with E-state index in [4.69, 9.17) is 21.3 Å². The van der Waals surface area contributed by atoms with E-state index in [0.717, 1.165) is 79.7 Å². The van der Waals surface area contributed by atoms with E-state index < -0.39 is 0 Å². The van der Waals surface area contributed by atoms with Crippen LogP contribution in [0.15, 0.2) is 36.9 Å². The number of aromatic nitrogens is 4. The topological polar surface area (TPSA) is 87.7 Å². The van der Waals surface area contributed by atoms with Crippen LogP contribution < -0.4 is 15.5 Å².